The number of rotatable bonds is 11. The van der Waals surface area contributed by atoms with Crippen LogP contribution in [0.2, 0.25) is 5.02 Å². The number of hydrogen-bond donors (Lipinski definition) is 1. The maximum Gasteiger partial charge on any atom is 0.341 e. The first kappa shape index (κ1) is 21.7. The number of allylic oxidation sites excluding steroid dienone is 1. The number of nitrogens with one attached hydrogen (secondary N) is 1. The lowest BCUT2D eigenvalue weighted by molar-refractivity contribution is 0.0574. The van der Waals surface area contributed by atoms with Crippen molar-refractivity contribution < 1.29 is 18.5 Å². The first-order valence-corrected chi connectivity index (χ1v) is 10.8. The predicted molar refractivity (Wildman–Crippen MR) is 109 cm³/mol. The van der Waals surface area contributed by atoms with Gasteiger partial charge < -0.3 is 9.05 Å². The molecule has 1 N–H and O–H groups in total. The molecule has 0 aliphatic rings. The first-order valence-electron chi connectivity index (χ1n) is 8.81. The molecule has 0 saturated heterocycles. The van der Waals surface area contributed by atoms with E-state index in [0.29, 0.717) is 11.6 Å². The smallest absolute Gasteiger partial charge is 0.308 e. The van der Waals surface area contributed by atoms with Crippen LogP contribution >= 0.6 is 19.2 Å². The molecule has 7 heteroatoms. The van der Waals surface area contributed by atoms with Gasteiger partial charge in [-0.25, -0.2) is 0 Å². The quantitative estimate of drug-likeness (QED) is 0.285. The van der Waals surface area contributed by atoms with Crippen LogP contribution in [-0.2, 0) is 25.1 Å². The predicted octanol–water partition coefficient (Wildman–Crippen LogP) is 5.88. The molecule has 0 fully saturated rings. The lowest BCUT2D eigenvalue weighted by Crippen LogP contribution is -2.09. The maximum atomic E-state index is 13.3. The third kappa shape index (κ3) is 6.80. The summed E-state index contributed by atoms with van der Waals surface area (Å²) in [5.41, 5.74) is 4.01. The molecule has 0 amide bonds. The van der Waals surface area contributed by atoms with E-state index in [2.05, 4.69) is 5.48 Å². The van der Waals surface area contributed by atoms with Crippen LogP contribution in [0.1, 0.15) is 30.6 Å². The van der Waals surface area contributed by atoms with Gasteiger partial charge in [0.1, 0.15) is 5.66 Å². The highest BCUT2D eigenvalue weighted by molar-refractivity contribution is 7.54. The Morgan fingerprint density at radius 2 is 1.67 bits per heavy atom. The lowest BCUT2D eigenvalue weighted by atomic mass is 10.1. The molecule has 27 heavy (non-hydrogen) atoms. The summed E-state index contributed by atoms with van der Waals surface area (Å²) in [6, 6.07) is 16.9. The van der Waals surface area contributed by atoms with Crippen LogP contribution in [0.5, 0.6) is 0 Å². The molecule has 2 aromatic rings. The number of hydrogen-bond acceptors (Lipinski definition) is 5. The number of halogens is 1. The molecular weight excluding hydrogens is 385 g/mol. The SMILES string of the molecule is CCOP(=O)(OCC)C(C=CNOCc1ccccc1)c1ccc(Cl)cc1. The van der Waals surface area contributed by atoms with Gasteiger partial charge in [-0.05, 0) is 43.2 Å². The van der Waals surface area contributed by atoms with Crippen molar-refractivity contribution in [3.8, 4) is 0 Å². The van der Waals surface area contributed by atoms with Crippen molar-refractivity contribution in [1.82, 2.24) is 5.48 Å². The molecular formula is C20H25ClNO4P. The van der Waals surface area contributed by atoms with Crippen molar-refractivity contribution in [3.63, 3.8) is 0 Å². The van der Waals surface area contributed by atoms with Gasteiger partial charge >= 0.3 is 7.60 Å². The minimum Gasteiger partial charge on any atom is -0.308 e. The van der Waals surface area contributed by atoms with E-state index in [1.54, 1.807) is 38.3 Å². The Kier molecular flexibility index (Phi) is 9.05. The Hall–Kier alpha value is -1.62. The Balaban J connectivity index is 2.11. The molecule has 0 spiro atoms. The zero-order valence-corrected chi connectivity index (χ0v) is 17.2. The van der Waals surface area contributed by atoms with Crippen LogP contribution < -0.4 is 5.48 Å². The van der Waals surface area contributed by atoms with Crippen molar-refractivity contribution in [3.05, 3.63) is 83.0 Å². The molecule has 2 aromatic carbocycles. The lowest BCUT2D eigenvalue weighted by Gasteiger charge is -2.24. The summed E-state index contributed by atoms with van der Waals surface area (Å²) in [4.78, 5) is 5.43. The van der Waals surface area contributed by atoms with Gasteiger partial charge in [0.25, 0.3) is 0 Å². The van der Waals surface area contributed by atoms with Crippen molar-refractivity contribution in [2.24, 2.45) is 0 Å². The summed E-state index contributed by atoms with van der Waals surface area (Å²) in [5, 5.41) is 0.605. The zero-order valence-electron chi connectivity index (χ0n) is 15.5. The van der Waals surface area contributed by atoms with E-state index in [1.165, 1.54) is 0 Å². The molecule has 5 nitrogen and oxygen atoms in total. The van der Waals surface area contributed by atoms with Gasteiger partial charge in [-0.1, -0.05) is 54.1 Å². The summed E-state index contributed by atoms with van der Waals surface area (Å²) in [5.74, 6) is 0. The average molecular weight is 410 g/mol. The standard InChI is InChI=1S/C20H25ClNO4P/c1-3-25-27(23,26-4-2)20(18-10-12-19(21)13-11-18)14-15-22-24-16-17-8-6-5-7-9-17/h5-15,20,22H,3-4,16H2,1-2H3. The fourth-order valence-electron chi connectivity index (χ4n) is 2.49. The summed E-state index contributed by atoms with van der Waals surface area (Å²) in [6.07, 6.45) is 3.33. The van der Waals surface area contributed by atoms with Gasteiger partial charge in [-0.15, -0.1) is 0 Å². The minimum atomic E-state index is -3.40. The summed E-state index contributed by atoms with van der Waals surface area (Å²) >= 11 is 5.97. The highest BCUT2D eigenvalue weighted by Crippen LogP contribution is 2.61. The van der Waals surface area contributed by atoms with Gasteiger partial charge in [0.05, 0.1) is 19.8 Å². The van der Waals surface area contributed by atoms with E-state index in [0.717, 1.165) is 11.1 Å². The normalized spacial score (nSPS) is 13.0. The summed E-state index contributed by atoms with van der Waals surface area (Å²) in [7, 11) is -3.40. The van der Waals surface area contributed by atoms with Crippen LogP contribution in [0.25, 0.3) is 0 Å². The Morgan fingerprint density at radius 3 is 2.26 bits per heavy atom. The zero-order chi connectivity index (χ0) is 19.5. The summed E-state index contributed by atoms with van der Waals surface area (Å²) in [6.45, 7) is 4.55. The molecule has 0 saturated carbocycles. The molecule has 0 aromatic heterocycles. The second-order valence-corrected chi connectivity index (χ2v) is 8.21. The Labute approximate surface area is 165 Å². The molecule has 0 aliphatic heterocycles. The van der Waals surface area contributed by atoms with Crippen molar-refractivity contribution in [2.45, 2.75) is 26.1 Å². The van der Waals surface area contributed by atoms with Gasteiger partial charge in [0.2, 0.25) is 0 Å². The number of benzene rings is 2. The van der Waals surface area contributed by atoms with Gasteiger partial charge in [0.15, 0.2) is 0 Å². The van der Waals surface area contributed by atoms with Crippen LogP contribution in [-0.4, -0.2) is 13.2 Å². The molecule has 0 heterocycles. The number of hydroxylamine groups is 1. The largest absolute Gasteiger partial charge is 0.341 e. The topological polar surface area (TPSA) is 56.8 Å². The Bertz CT molecular complexity index is 742. The second kappa shape index (κ2) is 11.3. The van der Waals surface area contributed by atoms with E-state index in [4.69, 9.17) is 25.5 Å². The molecule has 0 bridgehead atoms. The summed E-state index contributed by atoms with van der Waals surface area (Å²) < 4.78 is 24.3. The van der Waals surface area contributed by atoms with Gasteiger partial charge in [-0.3, -0.25) is 14.9 Å². The van der Waals surface area contributed by atoms with Gasteiger partial charge in [-0.2, -0.15) is 0 Å². The van der Waals surface area contributed by atoms with Crippen molar-refractivity contribution >= 4 is 19.2 Å². The maximum absolute atomic E-state index is 13.3. The first-order chi connectivity index (χ1) is 13.1. The molecule has 0 aliphatic carbocycles. The van der Waals surface area contributed by atoms with E-state index < -0.39 is 13.3 Å². The highest BCUT2D eigenvalue weighted by Gasteiger charge is 2.35. The van der Waals surface area contributed by atoms with Crippen LogP contribution in [0.15, 0.2) is 66.9 Å². The van der Waals surface area contributed by atoms with Gasteiger partial charge in [0, 0.05) is 11.2 Å². The second-order valence-electron chi connectivity index (χ2n) is 5.62. The van der Waals surface area contributed by atoms with E-state index in [1.807, 2.05) is 42.5 Å². The molecule has 1 unspecified atom stereocenters. The molecule has 1 atom stereocenters. The molecule has 0 radical (unpaired) electrons. The van der Waals surface area contributed by atoms with Crippen LogP contribution in [0.4, 0.5) is 0 Å². The van der Waals surface area contributed by atoms with Crippen LogP contribution in [0.3, 0.4) is 0 Å². The average Bonchev–Trinajstić information content (AvgIpc) is 2.67. The van der Waals surface area contributed by atoms with Crippen molar-refractivity contribution in [2.75, 3.05) is 13.2 Å². The van der Waals surface area contributed by atoms with Crippen LogP contribution in [0, 0.1) is 0 Å². The fraction of sp³-hybridized carbons (Fsp3) is 0.300. The molecule has 2 rings (SSSR count). The van der Waals surface area contributed by atoms with Crippen molar-refractivity contribution in [1.29, 1.82) is 0 Å². The minimum absolute atomic E-state index is 0.285. The van der Waals surface area contributed by atoms with E-state index in [-0.39, 0.29) is 13.2 Å². The monoisotopic (exact) mass is 409 g/mol. The third-order valence-electron chi connectivity index (χ3n) is 3.68. The van der Waals surface area contributed by atoms with E-state index in [9.17, 15) is 4.57 Å². The highest BCUT2D eigenvalue weighted by atomic mass is 35.5. The van der Waals surface area contributed by atoms with E-state index >= 15 is 0 Å². The fourth-order valence-corrected chi connectivity index (χ4v) is 4.57. The Morgan fingerprint density at radius 1 is 1.04 bits per heavy atom. The molecule has 146 valence electrons. The third-order valence-corrected chi connectivity index (χ3v) is 6.32.